The average Bonchev–Trinajstić information content (AvgIpc) is 3.16. The van der Waals surface area contributed by atoms with E-state index in [1.54, 1.807) is 31.2 Å². The summed E-state index contributed by atoms with van der Waals surface area (Å²) in [6, 6.07) is 19.2. The number of furan rings is 1. The average molecular weight is 497 g/mol. The van der Waals surface area contributed by atoms with Crippen molar-refractivity contribution in [1.82, 2.24) is 0 Å². The Hall–Kier alpha value is -3.33. The number of halogens is 1. The lowest BCUT2D eigenvalue weighted by atomic mass is 10.1. The number of carbonyl (C=O) groups is 1. The molecule has 0 bridgehead atoms. The van der Waals surface area contributed by atoms with Crippen molar-refractivity contribution in [1.29, 1.82) is 0 Å². The lowest BCUT2D eigenvalue weighted by Gasteiger charge is -2.22. The number of carbonyl (C=O) groups excluding carboxylic acids is 1. The molecule has 8 heteroatoms. The van der Waals surface area contributed by atoms with Gasteiger partial charge >= 0.3 is 5.97 Å². The van der Waals surface area contributed by atoms with Gasteiger partial charge in [-0.25, -0.2) is 4.79 Å². The molecule has 7 nitrogen and oxygen atoms in total. The molecule has 0 atom stereocenters. The van der Waals surface area contributed by atoms with Crippen LogP contribution in [0.3, 0.4) is 0 Å². The molecule has 1 heterocycles. The predicted octanol–water partition coefficient (Wildman–Crippen LogP) is 6.31. The highest BCUT2D eigenvalue weighted by Crippen LogP contribution is 2.39. The second-order valence-corrected chi connectivity index (χ2v) is 7.76. The van der Waals surface area contributed by atoms with Crippen LogP contribution in [0.4, 0.5) is 5.69 Å². The molecule has 4 aromatic rings. The number of rotatable bonds is 7. The van der Waals surface area contributed by atoms with Gasteiger partial charge in [-0.1, -0.05) is 42.5 Å². The third kappa shape index (κ3) is 4.47. The van der Waals surface area contributed by atoms with Crippen molar-refractivity contribution in [2.75, 3.05) is 11.8 Å². The normalized spacial score (nSPS) is 10.9. The fourth-order valence-corrected chi connectivity index (χ4v) is 3.77. The first-order valence-corrected chi connectivity index (χ1v) is 10.6. The smallest absolute Gasteiger partial charge is 0.342 e. The van der Waals surface area contributed by atoms with Gasteiger partial charge in [-0.05, 0) is 52.7 Å². The first kappa shape index (κ1) is 21.9. The van der Waals surface area contributed by atoms with Gasteiger partial charge < -0.3 is 24.3 Å². The lowest BCUT2D eigenvalue weighted by Crippen LogP contribution is -2.07. The van der Waals surface area contributed by atoms with E-state index in [0.717, 1.165) is 5.56 Å². The van der Waals surface area contributed by atoms with Crippen LogP contribution >= 0.6 is 15.9 Å². The summed E-state index contributed by atoms with van der Waals surface area (Å²) >= 11 is 3.49. The maximum absolute atomic E-state index is 12.8. The monoisotopic (exact) mass is 496 g/mol. The molecule has 164 valence electrons. The van der Waals surface area contributed by atoms with Crippen molar-refractivity contribution in [3.63, 3.8) is 0 Å². The summed E-state index contributed by atoms with van der Waals surface area (Å²) in [5, 5.41) is 20.6. The summed E-state index contributed by atoms with van der Waals surface area (Å²) in [4.78, 5) is 12.8. The van der Waals surface area contributed by atoms with Crippen molar-refractivity contribution in [3.8, 4) is 17.1 Å². The van der Waals surface area contributed by atoms with E-state index >= 15 is 0 Å². The van der Waals surface area contributed by atoms with Crippen LogP contribution in [0.15, 0.2) is 75.6 Å². The van der Waals surface area contributed by atoms with Crippen LogP contribution < -0.4 is 9.96 Å². The van der Waals surface area contributed by atoms with Gasteiger partial charge in [-0.3, -0.25) is 5.21 Å². The molecule has 0 aliphatic carbocycles. The maximum atomic E-state index is 12.8. The molecule has 0 saturated carbocycles. The van der Waals surface area contributed by atoms with Crippen LogP contribution in [-0.2, 0) is 11.3 Å². The SMILES string of the molecule is CCOC(=O)c1c(-c2ccccc2)oc2cc(Br)c(OCc3cccc(N([O-])O)c3)cc12. The molecule has 0 unspecified atom stereocenters. The van der Waals surface area contributed by atoms with E-state index in [4.69, 9.17) is 19.1 Å². The van der Waals surface area contributed by atoms with Gasteiger partial charge in [0.1, 0.15) is 29.3 Å². The molecule has 3 aromatic carbocycles. The van der Waals surface area contributed by atoms with Gasteiger partial charge in [-0.2, -0.15) is 0 Å². The summed E-state index contributed by atoms with van der Waals surface area (Å²) in [5.41, 5.74) is 2.39. The van der Waals surface area contributed by atoms with Gasteiger partial charge in [0.15, 0.2) is 0 Å². The molecule has 0 aliphatic rings. The molecule has 0 saturated heterocycles. The molecule has 32 heavy (non-hydrogen) atoms. The van der Waals surface area contributed by atoms with E-state index in [1.807, 2.05) is 30.3 Å². The van der Waals surface area contributed by atoms with Crippen LogP contribution in [0.2, 0.25) is 0 Å². The molecule has 0 aliphatic heterocycles. The second kappa shape index (κ2) is 9.44. The van der Waals surface area contributed by atoms with Crippen molar-refractivity contribution in [2.24, 2.45) is 0 Å². The first-order chi connectivity index (χ1) is 15.5. The number of benzene rings is 3. The van der Waals surface area contributed by atoms with Gasteiger partial charge in [-0.15, -0.1) is 0 Å². The topological polar surface area (TPSA) is 95.2 Å². The third-order valence-electron chi connectivity index (χ3n) is 4.78. The zero-order valence-electron chi connectivity index (χ0n) is 17.1. The highest BCUT2D eigenvalue weighted by molar-refractivity contribution is 9.10. The molecule has 0 radical (unpaired) electrons. The number of nitrogens with zero attached hydrogens (tertiary/aromatic N) is 1. The van der Waals surface area contributed by atoms with E-state index in [-0.39, 0.29) is 24.1 Å². The highest BCUT2D eigenvalue weighted by atomic mass is 79.9. The van der Waals surface area contributed by atoms with E-state index < -0.39 is 5.97 Å². The molecule has 0 amide bonds. The molecule has 0 fully saturated rings. The molecule has 0 spiro atoms. The molecular formula is C24H19BrNO6-. The third-order valence-corrected chi connectivity index (χ3v) is 5.40. The number of esters is 1. The summed E-state index contributed by atoms with van der Waals surface area (Å²) in [7, 11) is 0. The van der Waals surface area contributed by atoms with E-state index in [1.165, 1.54) is 12.1 Å². The van der Waals surface area contributed by atoms with Crippen molar-refractivity contribution >= 4 is 38.6 Å². The molecule has 1 aromatic heterocycles. The standard InChI is InChI=1S/C24H19BrNO6/c1-2-30-24(27)22-18-12-21(31-14-15-7-6-10-17(11-15)26(28)29)19(25)13-20(18)32-23(22)16-8-4-3-5-9-16/h3-13,28H,2,14H2,1H3/q-1. The first-order valence-electron chi connectivity index (χ1n) is 9.84. The summed E-state index contributed by atoms with van der Waals surface area (Å²) in [5.74, 6) is 0.427. The number of ether oxygens (including phenoxy) is 2. The minimum atomic E-state index is -0.482. The Kier molecular flexibility index (Phi) is 6.45. The Bertz CT molecular complexity index is 1250. The van der Waals surface area contributed by atoms with Gasteiger partial charge in [0, 0.05) is 10.9 Å². The van der Waals surface area contributed by atoms with Crippen LogP contribution in [0, 0.1) is 5.21 Å². The number of hydrogen-bond donors (Lipinski definition) is 1. The summed E-state index contributed by atoms with van der Waals surface area (Å²) in [6.07, 6.45) is 0. The molecule has 1 N–H and O–H groups in total. The summed E-state index contributed by atoms with van der Waals surface area (Å²) < 4.78 is 17.9. The van der Waals surface area contributed by atoms with E-state index in [2.05, 4.69) is 15.9 Å². The Morgan fingerprint density at radius 1 is 1.12 bits per heavy atom. The van der Waals surface area contributed by atoms with Crippen molar-refractivity contribution < 1.29 is 23.9 Å². The molecular weight excluding hydrogens is 478 g/mol. The van der Waals surface area contributed by atoms with Crippen LogP contribution in [0.25, 0.3) is 22.3 Å². The minimum Gasteiger partial charge on any atom is -0.733 e. The van der Waals surface area contributed by atoms with Crippen LogP contribution in [0.1, 0.15) is 22.8 Å². The Balaban J connectivity index is 1.74. The van der Waals surface area contributed by atoms with Crippen LogP contribution in [0.5, 0.6) is 5.75 Å². The maximum Gasteiger partial charge on any atom is 0.342 e. The Labute approximate surface area is 192 Å². The predicted molar refractivity (Wildman–Crippen MR) is 124 cm³/mol. The van der Waals surface area contributed by atoms with Gasteiger partial charge in [0.25, 0.3) is 0 Å². The summed E-state index contributed by atoms with van der Waals surface area (Å²) in [6.45, 7) is 2.12. The second-order valence-electron chi connectivity index (χ2n) is 6.90. The quantitative estimate of drug-likeness (QED) is 0.236. The Morgan fingerprint density at radius 2 is 1.91 bits per heavy atom. The zero-order chi connectivity index (χ0) is 22.7. The zero-order valence-corrected chi connectivity index (χ0v) is 18.7. The van der Waals surface area contributed by atoms with Gasteiger partial charge in [0.05, 0.1) is 16.8 Å². The van der Waals surface area contributed by atoms with E-state index in [9.17, 15) is 10.0 Å². The van der Waals surface area contributed by atoms with Gasteiger partial charge in [0.2, 0.25) is 0 Å². The highest BCUT2D eigenvalue weighted by Gasteiger charge is 2.24. The molecule has 4 rings (SSSR count). The fourth-order valence-electron chi connectivity index (χ4n) is 3.33. The number of hydrogen-bond acceptors (Lipinski definition) is 7. The van der Waals surface area contributed by atoms with Crippen molar-refractivity contribution in [3.05, 3.63) is 87.5 Å². The fraction of sp³-hybridized carbons (Fsp3) is 0.125. The number of anilines is 1. The van der Waals surface area contributed by atoms with E-state index in [0.29, 0.717) is 38.1 Å². The van der Waals surface area contributed by atoms with Crippen molar-refractivity contribution in [2.45, 2.75) is 13.5 Å². The van der Waals surface area contributed by atoms with Crippen LogP contribution in [-0.4, -0.2) is 17.8 Å². The minimum absolute atomic E-state index is 0.104. The number of fused-ring (bicyclic) bond motifs is 1. The lowest BCUT2D eigenvalue weighted by molar-refractivity contribution is 0.0528. The Morgan fingerprint density at radius 3 is 2.62 bits per heavy atom. The largest absolute Gasteiger partial charge is 0.733 e.